The Bertz CT molecular complexity index is 1480. The molecule has 0 aliphatic heterocycles. The fraction of sp³-hybridized carbons (Fsp3) is 0.348. The number of benzene rings is 1. The van der Waals surface area contributed by atoms with Gasteiger partial charge in [-0.25, -0.2) is 14.3 Å². The summed E-state index contributed by atoms with van der Waals surface area (Å²) < 4.78 is 41.1. The van der Waals surface area contributed by atoms with Gasteiger partial charge in [-0.1, -0.05) is 11.6 Å². The standard InChI is InChI=1S/C21H24ClN7O2.C2HF3O2/c1-5-31-18-13(9-15(22)14-10-25-29(11(2)3)17(14)18)12(4)26-21(30)16-19(23)27-28-8-6-7-24-20(16)28;3-2(4,5)1(6)7/h6-12H,5H2,1-4H3,(H2,23,27)(H,26,30);(H,6,7). The Morgan fingerprint density at radius 3 is 2.53 bits per heavy atom. The van der Waals surface area contributed by atoms with Gasteiger partial charge in [-0.2, -0.15) is 18.3 Å². The van der Waals surface area contributed by atoms with Gasteiger partial charge in [0.2, 0.25) is 0 Å². The molecular weight excluding hydrogens is 531 g/mol. The van der Waals surface area contributed by atoms with Crippen molar-refractivity contribution in [2.75, 3.05) is 12.3 Å². The maximum Gasteiger partial charge on any atom is 0.490 e. The van der Waals surface area contributed by atoms with Crippen molar-refractivity contribution in [3.05, 3.63) is 46.9 Å². The molecule has 4 N–H and O–H groups in total. The molecule has 11 nitrogen and oxygen atoms in total. The molecule has 1 unspecified atom stereocenters. The molecule has 0 aliphatic rings. The summed E-state index contributed by atoms with van der Waals surface area (Å²) in [4.78, 5) is 26.2. The van der Waals surface area contributed by atoms with Gasteiger partial charge in [-0.05, 0) is 39.8 Å². The van der Waals surface area contributed by atoms with Crippen LogP contribution in [0.4, 0.5) is 19.0 Å². The van der Waals surface area contributed by atoms with Gasteiger partial charge in [0.1, 0.15) is 11.1 Å². The Hall–Kier alpha value is -4.07. The zero-order chi connectivity index (χ0) is 28.4. The molecule has 0 bridgehead atoms. The predicted molar refractivity (Wildman–Crippen MR) is 133 cm³/mol. The second-order valence-electron chi connectivity index (χ2n) is 8.30. The summed E-state index contributed by atoms with van der Waals surface area (Å²) >= 11 is 6.57. The second kappa shape index (κ2) is 11.1. The van der Waals surface area contributed by atoms with Crippen LogP contribution in [0.5, 0.6) is 5.75 Å². The second-order valence-corrected chi connectivity index (χ2v) is 8.71. The number of carboxylic acids is 1. The molecule has 4 aromatic rings. The molecule has 0 radical (unpaired) electrons. The number of amides is 1. The van der Waals surface area contributed by atoms with E-state index >= 15 is 0 Å². The summed E-state index contributed by atoms with van der Waals surface area (Å²) in [6.45, 7) is 8.31. The molecular formula is C23H25ClF3N7O4. The van der Waals surface area contributed by atoms with Gasteiger partial charge in [-0.3, -0.25) is 9.48 Å². The number of ether oxygens (including phenoxy) is 1. The van der Waals surface area contributed by atoms with Crippen molar-refractivity contribution in [3.63, 3.8) is 0 Å². The van der Waals surface area contributed by atoms with Crippen LogP contribution in [-0.2, 0) is 4.79 Å². The SMILES string of the molecule is CCOc1c(C(C)NC(=O)c2c(N)nn3cccnc23)cc(Cl)c2cnn(C(C)C)c12.O=C(O)C(F)(F)F. The molecule has 4 rings (SSSR count). The highest BCUT2D eigenvalue weighted by molar-refractivity contribution is 6.35. The number of rotatable bonds is 6. The van der Waals surface area contributed by atoms with Crippen LogP contribution < -0.4 is 15.8 Å². The zero-order valence-electron chi connectivity index (χ0n) is 20.7. The molecule has 0 aliphatic carbocycles. The van der Waals surface area contributed by atoms with Crippen molar-refractivity contribution in [1.82, 2.24) is 29.7 Å². The van der Waals surface area contributed by atoms with E-state index in [1.165, 1.54) is 4.52 Å². The first-order valence-electron chi connectivity index (χ1n) is 11.3. The highest BCUT2D eigenvalue weighted by Gasteiger charge is 2.38. The molecule has 204 valence electrons. The number of aliphatic carboxylic acids is 1. The normalized spacial score (nSPS) is 12.3. The van der Waals surface area contributed by atoms with Crippen molar-refractivity contribution in [2.45, 2.75) is 46.0 Å². The van der Waals surface area contributed by atoms with Crippen LogP contribution in [0, 0.1) is 0 Å². The zero-order valence-corrected chi connectivity index (χ0v) is 21.5. The van der Waals surface area contributed by atoms with E-state index in [4.69, 9.17) is 32.0 Å². The maximum absolute atomic E-state index is 13.1. The van der Waals surface area contributed by atoms with E-state index in [0.29, 0.717) is 23.0 Å². The molecule has 0 spiro atoms. The van der Waals surface area contributed by atoms with Crippen LogP contribution in [0.2, 0.25) is 5.02 Å². The first kappa shape index (κ1) is 28.5. The van der Waals surface area contributed by atoms with Crippen molar-refractivity contribution >= 4 is 45.8 Å². The summed E-state index contributed by atoms with van der Waals surface area (Å²) in [5.74, 6) is -2.38. The number of alkyl halides is 3. The molecule has 0 fully saturated rings. The fourth-order valence-corrected chi connectivity index (χ4v) is 3.91. The molecule has 1 atom stereocenters. The first-order chi connectivity index (χ1) is 17.8. The quantitative estimate of drug-likeness (QED) is 0.316. The van der Waals surface area contributed by atoms with Crippen LogP contribution in [0.3, 0.4) is 0 Å². The van der Waals surface area contributed by atoms with Crippen molar-refractivity contribution < 1.29 is 32.6 Å². The largest absolute Gasteiger partial charge is 0.491 e. The number of carbonyl (C=O) groups excluding carboxylic acids is 1. The average Bonchev–Trinajstić information content (AvgIpc) is 3.42. The molecule has 15 heteroatoms. The number of hydrogen-bond donors (Lipinski definition) is 3. The summed E-state index contributed by atoms with van der Waals surface area (Å²) in [5, 5.41) is 20.1. The first-order valence-corrected chi connectivity index (χ1v) is 11.7. The Morgan fingerprint density at radius 2 is 1.95 bits per heavy atom. The molecule has 3 aromatic heterocycles. The van der Waals surface area contributed by atoms with Gasteiger partial charge in [0.25, 0.3) is 5.91 Å². The highest BCUT2D eigenvalue weighted by atomic mass is 35.5. The third-order valence-corrected chi connectivity index (χ3v) is 5.61. The average molecular weight is 556 g/mol. The predicted octanol–water partition coefficient (Wildman–Crippen LogP) is 4.42. The molecule has 3 heterocycles. The number of anilines is 1. The van der Waals surface area contributed by atoms with Crippen molar-refractivity contribution in [2.24, 2.45) is 0 Å². The van der Waals surface area contributed by atoms with E-state index in [0.717, 1.165) is 16.5 Å². The summed E-state index contributed by atoms with van der Waals surface area (Å²) in [6.07, 6.45) is -0.0733. The lowest BCUT2D eigenvalue weighted by atomic mass is 10.0. The van der Waals surface area contributed by atoms with Crippen LogP contribution in [0.15, 0.2) is 30.7 Å². The minimum Gasteiger partial charge on any atom is -0.491 e. The van der Waals surface area contributed by atoms with Crippen molar-refractivity contribution in [3.8, 4) is 5.75 Å². The number of carbonyl (C=O) groups is 2. The number of nitrogens with one attached hydrogen (secondary N) is 1. The number of fused-ring (bicyclic) bond motifs is 2. The van der Waals surface area contributed by atoms with E-state index in [1.54, 1.807) is 24.7 Å². The minimum atomic E-state index is -5.08. The van der Waals surface area contributed by atoms with E-state index < -0.39 is 18.2 Å². The minimum absolute atomic E-state index is 0.109. The Labute approximate surface area is 219 Å². The Kier molecular flexibility index (Phi) is 8.35. The van der Waals surface area contributed by atoms with Gasteiger partial charge in [0, 0.05) is 29.4 Å². The molecule has 0 saturated heterocycles. The summed E-state index contributed by atoms with van der Waals surface area (Å²) in [5.41, 5.74) is 8.16. The molecule has 1 aromatic carbocycles. The highest BCUT2D eigenvalue weighted by Crippen LogP contribution is 2.39. The van der Waals surface area contributed by atoms with Crippen LogP contribution in [0.25, 0.3) is 16.6 Å². The maximum atomic E-state index is 13.1. The van der Waals surface area contributed by atoms with Crippen LogP contribution in [-0.4, -0.2) is 54.1 Å². The van der Waals surface area contributed by atoms with Crippen LogP contribution >= 0.6 is 11.6 Å². The number of aromatic nitrogens is 5. The number of halogens is 4. The van der Waals surface area contributed by atoms with Gasteiger partial charge in [0.15, 0.2) is 17.2 Å². The van der Waals surface area contributed by atoms with Gasteiger partial charge in [-0.15, -0.1) is 5.10 Å². The summed E-state index contributed by atoms with van der Waals surface area (Å²) in [6, 6.07) is 3.21. The van der Waals surface area contributed by atoms with Gasteiger partial charge in [0.05, 0.1) is 23.9 Å². The van der Waals surface area contributed by atoms with Crippen LogP contribution in [0.1, 0.15) is 55.7 Å². The fourth-order valence-electron chi connectivity index (χ4n) is 3.66. The molecule has 0 saturated carbocycles. The van der Waals surface area contributed by atoms with E-state index in [1.807, 2.05) is 38.4 Å². The lowest BCUT2D eigenvalue weighted by molar-refractivity contribution is -0.192. The molecule has 1 amide bonds. The Morgan fingerprint density at radius 1 is 1.29 bits per heavy atom. The number of nitrogens with two attached hydrogens (primary N) is 1. The smallest absolute Gasteiger partial charge is 0.490 e. The monoisotopic (exact) mass is 555 g/mol. The topological polar surface area (TPSA) is 150 Å². The number of carboxylic acid groups (broad SMARTS) is 1. The van der Waals surface area contributed by atoms with E-state index in [2.05, 4.69) is 20.5 Å². The Balaban J connectivity index is 0.000000505. The molecule has 38 heavy (non-hydrogen) atoms. The van der Waals surface area contributed by atoms with Gasteiger partial charge >= 0.3 is 12.1 Å². The lowest BCUT2D eigenvalue weighted by Gasteiger charge is -2.21. The lowest BCUT2D eigenvalue weighted by Crippen LogP contribution is -2.28. The third-order valence-electron chi connectivity index (χ3n) is 5.30. The van der Waals surface area contributed by atoms with Gasteiger partial charge < -0.3 is 20.9 Å². The number of nitrogens with zero attached hydrogens (tertiary/aromatic N) is 5. The number of hydrogen-bond acceptors (Lipinski definition) is 7. The van der Waals surface area contributed by atoms with Crippen molar-refractivity contribution in [1.29, 1.82) is 0 Å². The number of nitrogen functional groups attached to an aromatic ring is 1. The van der Waals surface area contributed by atoms with E-state index in [9.17, 15) is 18.0 Å². The summed E-state index contributed by atoms with van der Waals surface area (Å²) in [7, 11) is 0. The van der Waals surface area contributed by atoms with E-state index in [-0.39, 0.29) is 23.3 Å². The third kappa shape index (κ3) is 5.74.